The maximum atomic E-state index is 5.91. The molecule has 0 aromatic carbocycles. The van der Waals surface area contributed by atoms with Crippen molar-refractivity contribution in [2.75, 3.05) is 11.5 Å². The first-order chi connectivity index (χ1) is 7.77. The molecule has 0 saturated heterocycles. The van der Waals surface area contributed by atoms with Crippen LogP contribution in [0.3, 0.4) is 0 Å². The van der Waals surface area contributed by atoms with Crippen LogP contribution < -0.4 is 11.5 Å². The molecule has 2 heterocycles. The van der Waals surface area contributed by atoms with E-state index < -0.39 is 0 Å². The average Bonchev–Trinajstić information content (AvgIpc) is 2.91. The Labute approximate surface area is 93.4 Å². The van der Waals surface area contributed by atoms with Gasteiger partial charge in [0.05, 0.1) is 35.2 Å². The van der Waals surface area contributed by atoms with E-state index in [-0.39, 0.29) is 0 Å². The molecular weight excluding hydrogens is 202 g/mol. The number of pyridine rings is 1. The number of hydrogen-bond donors (Lipinski definition) is 2. The van der Waals surface area contributed by atoms with E-state index in [4.69, 9.17) is 11.5 Å². The van der Waals surface area contributed by atoms with E-state index >= 15 is 0 Å². The second kappa shape index (κ2) is 3.37. The van der Waals surface area contributed by atoms with Crippen LogP contribution >= 0.6 is 0 Å². The lowest BCUT2D eigenvalue weighted by Gasteiger charge is -2.10. The van der Waals surface area contributed by atoms with Gasteiger partial charge in [-0.25, -0.2) is 9.67 Å². The lowest BCUT2D eigenvalue weighted by Crippen LogP contribution is -2.07. The van der Waals surface area contributed by atoms with Gasteiger partial charge in [0.1, 0.15) is 0 Å². The highest BCUT2D eigenvalue weighted by Gasteiger charge is 2.20. The molecule has 2 aromatic rings. The third kappa shape index (κ3) is 1.24. The van der Waals surface area contributed by atoms with E-state index in [1.807, 2.05) is 4.68 Å². The van der Waals surface area contributed by atoms with Gasteiger partial charge in [0.25, 0.3) is 0 Å². The van der Waals surface area contributed by atoms with Crippen LogP contribution in [0.1, 0.15) is 31.7 Å². The quantitative estimate of drug-likeness (QED) is 0.761. The number of aromatic nitrogens is 3. The summed E-state index contributed by atoms with van der Waals surface area (Å²) >= 11 is 0. The monoisotopic (exact) mass is 217 g/mol. The highest BCUT2D eigenvalue weighted by molar-refractivity contribution is 5.93. The lowest BCUT2D eigenvalue weighted by atomic mass is 10.2. The van der Waals surface area contributed by atoms with Gasteiger partial charge < -0.3 is 11.5 Å². The molecule has 0 atom stereocenters. The van der Waals surface area contributed by atoms with Gasteiger partial charge in [-0.2, -0.15) is 5.10 Å². The van der Waals surface area contributed by atoms with Crippen molar-refractivity contribution >= 4 is 22.4 Å². The van der Waals surface area contributed by atoms with Gasteiger partial charge in [-0.3, -0.25) is 0 Å². The second-order valence-electron chi connectivity index (χ2n) is 4.39. The molecular formula is C11H15N5. The molecule has 0 aliphatic heterocycles. The summed E-state index contributed by atoms with van der Waals surface area (Å²) in [6.45, 7) is 0. The molecule has 16 heavy (non-hydrogen) atoms. The molecule has 1 aliphatic rings. The smallest absolute Gasteiger partial charge is 0.160 e. The van der Waals surface area contributed by atoms with Gasteiger partial charge in [0, 0.05) is 0 Å². The predicted molar refractivity (Wildman–Crippen MR) is 63.9 cm³/mol. The molecule has 1 saturated carbocycles. The van der Waals surface area contributed by atoms with Crippen molar-refractivity contribution in [1.82, 2.24) is 14.8 Å². The Bertz CT molecular complexity index is 524. The molecule has 5 nitrogen and oxygen atoms in total. The number of hydrogen-bond acceptors (Lipinski definition) is 4. The van der Waals surface area contributed by atoms with Gasteiger partial charge in [0.15, 0.2) is 5.65 Å². The highest BCUT2D eigenvalue weighted by Crippen LogP contribution is 2.33. The highest BCUT2D eigenvalue weighted by atomic mass is 15.3. The van der Waals surface area contributed by atoms with Crippen LogP contribution in [0.5, 0.6) is 0 Å². The fraction of sp³-hybridized carbons (Fsp3) is 0.455. The number of nitrogens with zero attached hydrogens (tertiary/aromatic N) is 3. The maximum absolute atomic E-state index is 5.91. The third-order valence-electron chi connectivity index (χ3n) is 3.37. The molecule has 4 N–H and O–H groups in total. The number of anilines is 2. The van der Waals surface area contributed by atoms with Crippen molar-refractivity contribution in [3.8, 4) is 0 Å². The van der Waals surface area contributed by atoms with Gasteiger partial charge >= 0.3 is 0 Å². The normalized spacial score (nSPS) is 17.2. The van der Waals surface area contributed by atoms with E-state index in [1.54, 1.807) is 12.4 Å². The Morgan fingerprint density at radius 2 is 1.94 bits per heavy atom. The Kier molecular flexibility index (Phi) is 1.99. The van der Waals surface area contributed by atoms with Crippen LogP contribution in [0, 0.1) is 0 Å². The number of fused-ring (bicyclic) bond motifs is 1. The van der Waals surface area contributed by atoms with Crippen LogP contribution in [0.4, 0.5) is 11.4 Å². The average molecular weight is 217 g/mol. The van der Waals surface area contributed by atoms with E-state index in [0.717, 1.165) is 11.0 Å². The zero-order chi connectivity index (χ0) is 11.1. The molecule has 1 fully saturated rings. The topological polar surface area (TPSA) is 82.8 Å². The lowest BCUT2D eigenvalue weighted by molar-refractivity contribution is 0.478. The Morgan fingerprint density at radius 1 is 1.19 bits per heavy atom. The van der Waals surface area contributed by atoms with Gasteiger partial charge in [-0.15, -0.1) is 0 Å². The molecule has 0 radical (unpaired) electrons. The van der Waals surface area contributed by atoms with Gasteiger partial charge in [-0.1, -0.05) is 12.8 Å². The summed E-state index contributed by atoms with van der Waals surface area (Å²) in [5, 5.41) is 5.27. The van der Waals surface area contributed by atoms with Gasteiger partial charge in [0.2, 0.25) is 0 Å². The molecule has 5 heteroatoms. The van der Waals surface area contributed by atoms with Crippen molar-refractivity contribution in [3.63, 3.8) is 0 Å². The van der Waals surface area contributed by atoms with Crippen molar-refractivity contribution in [3.05, 3.63) is 12.4 Å². The van der Waals surface area contributed by atoms with Crippen LogP contribution in [-0.2, 0) is 0 Å². The molecule has 3 rings (SSSR count). The van der Waals surface area contributed by atoms with E-state index in [2.05, 4.69) is 10.1 Å². The largest absolute Gasteiger partial charge is 0.396 e. The Balaban J connectivity index is 2.16. The molecule has 84 valence electrons. The molecule has 0 amide bonds. The van der Waals surface area contributed by atoms with Crippen molar-refractivity contribution in [1.29, 1.82) is 0 Å². The third-order valence-corrected chi connectivity index (χ3v) is 3.37. The number of nitrogens with two attached hydrogens (primary N) is 2. The molecule has 2 aromatic heterocycles. The van der Waals surface area contributed by atoms with Crippen molar-refractivity contribution < 1.29 is 0 Å². The minimum atomic E-state index is 0.480. The fourth-order valence-electron chi connectivity index (χ4n) is 2.45. The van der Waals surface area contributed by atoms with Crippen molar-refractivity contribution in [2.24, 2.45) is 0 Å². The maximum Gasteiger partial charge on any atom is 0.160 e. The Morgan fingerprint density at radius 3 is 2.69 bits per heavy atom. The first-order valence-electron chi connectivity index (χ1n) is 5.64. The summed E-state index contributed by atoms with van der Waals surface area (Å²) in [7, 11) is 0. The molecule has 1 aliphatic carbocycles. The zero-order valence-corrected chi connectivity index (χ0v) is 9.06. The van der Waals surface area contributed by atoms with E-state index in [9.17, 15) is 0 Å². The van der Waals surface area contributed by atoms with Crippen LogP contribution in [-0.4, -0.2) is 14.8 Å². The summed E-state index contributed by atoms with van der Waals surface area (Å²) in [5.41, 5.74) is 13.6. The SMILES string of the molecule is Nc1cnc2c(cnn2C2CCCC2)c1N. The zero-order valence-electron chi connectivity index (χ0n) is 9.06. The summed E-state index contributed by atoms with van der Waals surface area (Å²) < 4.78 is 2.00. The van der Waals surface area contributed by atoms with E-state index in [1.165, 1.54) is 25.7 Å². The summed E-state index contributed by atoms with van der Waals surface area (Å²) in [6, 6.07) is 0.480. The van der Waals surface area contributed by atoms with Crippen molar-refractivity contribution in [2.45, 2.75) is 31.7 Å². The summed E-state index contributed by atoms with van der Waals surface area (Å²) in [4.78, 5) is 4.34. The van der Waals surface area contributed by atoms with Gasteiger partial charge in [-0.05, 0) is 12.8 Å². The van der Waals surface area contributed by atoms with Crippen LogP contribution in [0.15, 0.2) is 12.4 Å². The number of rotatable bonds is 1. The van der Waals surface area contributed by atoms with E-state index in [0.29, 0.717) is 17.4 Å². The first-order valence-corrected chi connectivity index (χ1v) is 5.64. The fourth-order valence-corrected chi connectivity index (χ4v) is 2.45. The first kappa shape index (κ1) is 9.45. The van der Waals surface area contributed by atoms with Crippen LogP contribution in [0.2, 0.25) is 0 Å². The minimum absolute atomic E-state index is 0.480. The Hall–Kier alpha value is -1.78. The second-order valence-corrected chi connectivity index (χ2v) is 4.39. The standard InChI is InChI=1S/C11H15N5/c12-9-6-14-11-8(10(9)13)5-15-16(11)7-3-1-2-4-7/h5-7H,1-4,12H2,(H2,13,14). The molecule has 0 unspecified atom stereocenters. The number of nitrogen functional groups attached to an aromatic ring is 2. The molecule has 0 spiro atoms. The minimum Gasteiger partial charge on any atom is -0.396 e. The molecule has 0 bridgehead atoms. The van der Waals surface area contributed by atoms with Crippen LogP contribution in [0.25, 0.3) is 11.0 Å². The predicted octanol–water partition coefficient (Wildman–Crippen LogP) is 1.71. The summed E-state index contributed by atoms with van der Waals surface area (Å²) in [6.07, 6.45) is 8.30. The summed E-state index contributed by atoms with van der Waals surface area (Å²) in [5.74, 6) is 0.